The predicted molar refractivity (Wildman–Crippen MR) is 56.5 cm³/mol. The fourth-order valence-electron chi connectivity index (χ4n) is 0.925. The lowest BCUT2D eigenvalue weighted by molar-refractivity contribution is -0.144. The molecule has 0 bridgehead atoms. The van der Waals surface area contributed by atoms with Crippen molar-refractivity contribution in [2.45, 2.75) is 19.8 Å². The molecule has 92 valence electrons. The zero-order valence-electron chi connectivity index (χ0n) is 9.25. The molecule has 0 rings (SSSR count). The van der Waals surface area contributed by atoms with Gasteiger partial charge < -0.3 is 21.1 Å². The molecule has 0 saturated carbocycles. The molecule has 16 heavy (non-hydrogen) atoms. The van der Waals surface area contributed by atoms with Crippen LogP contribution in [0.2, 0.25) is 0 Å². The molecule has 0 aliphatic rings. The van der Waals surface area contributed by atoms with E-state index in [1.54, 1.807) is 6.92 Å². The molecule has 0 unspecified atom stereocenters. The number of hydrogen-bond acceptors (Lipinski definition) is 4. The predicted octanol–water partition coefficient (Wildman–Crippen LogP) is -0.886. The Hall–Kier alpha value is -1.79. The first-order valence-electron chi connectivity index (χ1n) is 5.02. The van der Waals surface area contributed by atoms with Gasteiger partial charge in [0.05, 0.1) is 13.0 Å². The standard InChI is InChI=1S/C9H17N3O4/c1-2-16-8(14)4-3-7(13)11-5-6-12-9(10)15/h2-6H2,1H3,(H,11,13)(H3,10,12,15). The summed E-state index contributed by atoms with van der Waals surface area (Å²) in [4.78, 5) is 32.3. The first-order valence-corrected chi connectivity index (χ1v) is 5.02. The molecule has 0 aromatic rings. The van der Waals surface area contributed by atoms with Gasteiger partial charge in [-0.05, 0) is 6.92 Å². The van der Waals surface area contributed by atoms with E-state index in [1.165, 1.54) is 0 Å². The van der Waals surface area contributed by atoms with Gasteiger partial charge in [-0.15, -0.1) is 0 Å². The Kier molecular flexibility index (Phi) is 7.56. The SMILES string of the molecule is CCOC(=O)CCC(=O)NCCNC(N)=O. The van der Waals surface area contributed by atoms with Gasteiger partial charge in [-0.3, -0.25) is 9.59 Å². The lowest BCUT2D eigenvalue weighted by atomic mass is 10.3. The van der Waals surface area contributed by atoms with Crippen LogP contribution in [0.1, 0.15) is 19.8 Å². The largest absolute Gasteiger partial charge is 0.466 e. The normalized spacial score (nSPS) is 9.31. The van der Waals surface area contributed by atoms with Crippen LogP contribution in [0.15, 0.2) is 0 Å². The highest BCUT2D eigenvalue weighted by molar-refractivity contribution is 5.81. The van der Waals surface area contributed by atoms with E-state index in [1.807, 2.05) is 0 Å². The molecule has 0 heterocycles. The zero-order valence-corrected chi connectivity index (χ0v) is 9.25. The Morgan fingerprint density at radius 2 is 1.75 bits per heavy atom. The van der Waals surface area contributed by atoms with Crippen LogP contribution in [0.3, 0.4) is 0 Å². The zero-order chi connectivity index (χ0) is 12.4. The van der Waals surface area contributed by atoms with Crippen molar-refractivity contribution in [3.63, 3.8) is 0 Å². The van der Waals surface area contributed by atoms with Crippen LogP contribution in [-0.4, -0.2) is 37.6 Å². The van der Waals surface area contributed by atoms with Gasteiger partial charge in [0.2, 0.25) is 5.91 Å². The van der Waals surface area contributed by atoms with Gasteiger partial charge >= 0.3 is 12.0 Å². The second-order valence-electron chi connectivity index (χ2n) is 2.95. The van der Waals surface area contributed by atoms with Crippen molar-refractivity contribution in [3.8, 4) is 0 Å². The number of carbonyl (C=O) groups is 3. The summed E-state index contributed by atoms with van der Waals surface area (Å²) in [5, 5.41) is 4.84. The first-order chi connectivity index (χ1) is 7.56. The first kappa shape index (κ1) is 14.2. The monoisotopic (exact) mass is 231 g/mol. The highest BCUT2D eigenvalue weighted by atomic mass is 16.5. The second-order valence-corrected chi connectivity index (χ2v) is 2.95. The minimum atomic E-state index is -0.638. The quantitative estimate of drug-likeness (QED) is 0.390. The molecule has 3 amide bonds. The molecule has 7 nitrogen and oxygen atoms in total. The number of ether oxygens (including phenoxy) is 1. The van der Waals surface area contributed by atoms with Gasteiger partial charge in [0.25, 0.3) is 0 Å². The summed E-state index contributed by atoms with van der Waals surface area (Å²) in [5.74, 6) is -0.660. The van der Waals surface area contributed by atoms with E-state index >= 15 is 0 Å². The third-order valence-corrected chi connectivity index (χ3v) is 1.61. The van der Waals surface area contributed by atoms with Gasteiger partial charge in [-0.25, -0.2) is 4.79 Å². The number of nitrogens with one attached hydrogen (secondary N) is 2. The van der Waals surface area contributed by atoms with E-state index in [0.29, 0.717) is 6.61 Å². The molecule has 4 N–H and O–H groups in total. The number of rotatable bonds is 7. The fourth-order valence-corrected chi connectivity index (χ4v) is 0.925. The Balaban J connectivity index is 3.44. The van der Waals surface area contributed by atoms with Crippen LogP contribution in [0.25, 0.3) is 0 Å². The number of nitrogens with two attached hydrogens (primary N) is 1. The summed E-state index contributed by atoms with van der Waals surface area (Å²) in [6, 6.07) is -0.638. The van der Waals surface area contributed by atoms with Crippen molar-refractivity contribution >= 4 is 17.9 Å². The summed E-state index contributed by atoms with van der Waals surface area (Å²) in [5.41, 5.74) is 4.82. The Bertz CT molecular complexity index is 255. The maximum atomic E-state index is 11.1. The van der Waals surface area contributed by atoms with Crippen LogP contribution in [0.4, 0.5) is 4.79 Å². The molecule has 0 atom stereocenters. The minimum Gasteiger partial charge on any atom is -0.466 e. The molecule has 0 aliphatic carbocycles. The van der Waals surface area contributed by atoms with Gasteiger partial charge in [-0.1, -0.05) is 0 Å². The maximum absolute atomic E-state index is 11.1. The van der Waals surface area contributed by atoms with E-state index in [-0.39, 0.29) is 31.8 Å². The smallest absolute Gasteiger partial charge is 0.312 e. The molecule has 0 radical (unpaired) electrons. The maximum Gasteiger partial charge on any atom is 0.312 e. The Morgan fingerprint density at radius 1 is 1.12 bits per heavy atom. The van der Waals surface area contributed by atoms with Crippen molar-refractivity contribution in [1.82, 2.24) is 10.6 Å². The molecule has 7 heteroatoms. The van der Waals surface area contributed by atoms with Crippen molar-refractivity contribution < 1.29 is 19.1 Å². The average Bonchev–Trinajstić information content (AvgIpc) is 2.22. The highest BCUT2D eigenvalue weighted by Gasteiger charge is 2.06. The second kappa shape index (κ2) is 8.51. The van der Waals surface area contributed by atoms with Crippen molar-refractivity contribution in [1.29, 1.82) is 0 Å². The van der Waals surface area contributed by atoms with Gasteiger partial charge in [-0.2, -0.15) is 0 Å². The third-order valence-electron chi connectivity index (χ3n) is 1.61. The van der Waals surface area contributed by atoms with Crippen LogP contribution < -0.4 is 16.4 Å². The summed E-state index contributed by atoms with van der Waals surface area (Å²) in [6.45, 7) is 2.56. The highest BCUT2D eigenvalue weighted by Crippen LogP contribution is 1.92. The van der Waals surface area contributed by atoms with E-state index in [2.05, 4.69) is 15.4 Å². The topological polar surface area (TPSA) is 111 Å². The average molecular weight is 231 g/mol. The molecular formula is C9H17N3O4. The van der Waals surface area contributed by atoms with Crippen LogP contribution in [0, 0.1) is 0 Å². The number of carbonyl (C=O) groups excluding carboxylic acids is 3. The molecule has 0 fully saturated rings. The van der Waals surface area contributed by atoms with Crippen molar-refractivity contribution in [2.75, 3.05) is 19.7 Å². The van der Waals surface area contributed by atoms with E-state index in [0.717, 1.165) is 0 Å². The number of esters is 1. The van der Waals surface area contributed by atoms with Gasteiger partial charge in [0.15, 0.2) is 0 Å². The van der Waals surface area contributed by atoms with Gasteiger partial charge in [0, 0.05) is 19.5 Å². The molecule has 0 aliphatic heterocycles. The lowest BCUT2D eigenvalue weighted by Crippen LogP contribution is -2.37. The summed E-state index contributed by atoms with van der Waals surface area (Å²) < 4.78 is 4.66. The van der Waals surface area contributed by atoms with Crippen LogP contribution in [-0.2, 0) is 14.3 Å². The molecular weight excluding hydrogens is 214 g/mol. The van der Waals surface area contributed by atoms with Crippen molar-refractivity contribution in [2.24, 2.45) is 5.73 Å². The lowest BCUT2D eigenvalue weighted by Gasteiger charge is -2.05. The van der Waals surface area contributed by atoms with Gasteiger partial charge in [0.1, 0.15) is 0 Å². The number of hydrogen-bond donors (Lipinski definition) is 3. The van der Waals surface area contributed by atoms with E-state index in [9.17, 15) is 14.4 Å². The van der Waals surface area contributed by atoms with E-state index < -0.39 is 12.0 Å². The third kappa shape index (κ3) is 8.79. The molecule has 0 saturated heterocycles. The number of primary amides is 1. The summed E-state index contributed by atoms with van der Waals surface area (Å²) >= 11 is 0. The number of amides is 3. The minimum absolute atomic E-state index is 0.0585. The molecule has 0 aromatic carbocycles. The fraction of sp³-hybridized carbons (Fsp3) is 0.667. The number of urea groups is 1. The van der Waals surface area contributed by atoms with Crippen molar-refractivity contribution in [3.05, 3.63) is 0 Å². The Labute approximate surface area is 93.7 Å². The summed E-state index contributed by atoms with van der Waals surface area (Å²) in [7, 11) is 0. The van der Waals surface area contributed by atoms with E-state index in [4.69, 9.17) is 5.73 Å². The molecule has 0 aromatic heterocycles. The van der Waals surface area contributed by atoms with Crippen LogP contribution >= 0.6 is 0 Å². The Morgan fingerprint density at radius 3 is 2.31 bits per heavy atom. The van der Waals surface area contributed by atoms with Crippen LogP contribution in [0.5, 0.6) is 0 Å². The molecule has 0 spiro atoms. The summed E-state index contributed by atoms with van der Waals surface area (Å²) in [6.07, 6.45) is 0.137.